The first-order valence-corrected chi connectivity index (χ1v) is 8.92. The van der Waals surface area contributed by atoms with E-state index in [-0.39, 0.29) is 23.8 Å². The third-order valence-electron chi connectivity index (χ3n) is 4.21. The van der Waals surface area contributed by atoms with Gasteiger partial charge in [-0.05, 0) is 24.9 Å². The lowest BCUT2D eigenvalue weighted by atomic mass is 9.94. The van der Waals surface area contributed by atoms with Crippen LogP contribution in [0.5, 0.6) is 0 Å². The number of nitrogens with two attached hydrogens (primary N) is 1. The van der Waals surface area contributed by atoms with Crippen molar-refractivity contribution in [1.82, 2.24) is 4.90 Å². The summed E-state index contributed by atoms with van der Waals surface area (Å²) in [7, 11) is -0.822. The van der Waals surface area contributed by atoms with Crippen LogP contribution in [0.25, 0.3) is 0 Å². The average molecular weight is 296 g/mol. The topological polar surface area (TPSA) is 63.4 Å². The van der Waals surface area contributed by atoms with Crippen molar-refractivity contribution < 1.29 is 8.42 Å². The first-order chi connectivity index (χ1) is 9.39. The summed E-state index contributed by atoms with van der Waals surface area (Å²) in [5.41, 5.74) is 7.43. The van der Waals surface area contributed by atoms with Gasteiger partial charge in [0.2, 0.25) is 0 Å². The lowest BCUT2D eigenvalue weighted by molar-refractivity contribution is 0.214. The molecule has 0 spiro atoms. The molecule has 0 bridgehead atoms. The fourth-order valence-electron chi connectivity index (χ4n) is 2.84. The number of hydrogen-bond donors (Lipinski definition) is 1. The monoisotopic (exact) mass is 296 g/mol. The molecule has 3 atom stereocenters. The van der Waals surface area contributed by atoms with E-state index in [1.165, 1.54) is 0 Å². The molecule has 1 aliphatic rings. The summed E-state index contributed by atoms with van der Waals surface area (Å²) < 4.78 is 23.1. The molecule has 5 heteroatoms. The van der Waals surface area contributed by atoms with E-state index in [0.29, 0.717) is 5.75 Å². The molecule has 20 heavy (non-hydrogen) atoms. The van der Waals surface area contributed by atoms with Crippen molar-refractivity contribution in [2.45, 2.75) is 25.4 Å². The van der Waals surface area contributed by atoms with Crippen molar-refractivity contribution >= 4 is 9.84 Å². The Morgan fingerprint density at radius 2 is 2.00 bits per heavy atom. The number of sulfone groups is 1. The third kappa shape index (κ3) is 3.81. The Bertz CT molecular complexity index is 530. The molecular weight excluding hydrogens is 272 g/mol. The molecule has 4 nitrogen and oxygen atoms in total. The number of rotatable bonds is 5. The molecular formula is C15H24N2O2S. The van der Waals surface area contributed by atoms with Crippen LogP contribution in [0.2, 0.25) is 0 Å². The highest BCUT2D eigenvalue weighted by atomic mass is 32.2. The van der Waals surface area contributed by atoms with Gasteiger partial charge in [0.05, 0.1) is 11.5 Å². The molecule has 0 aromatic heterocycles. The fraction of sp³-hybridized carbons (Fsp3) is 0.600. The van der Waals surface area contributed by atoms with Crippen LogP contribution in [-0.2, 0) is 9.84 Å². The zero-order valence-electron chi connectivity index (χ0n) is 12.2. The molecule has 1 aromatic carbocycles. The summed E-state index contributed by atoms with van der Waals surface area (Å²) in [6.45, 7) is 2.94. The molecule has 1 saturated heterocycles. The number of benzene rings is 1. The van der Waals surface area contributed by atoms with Crippen molar-refractivity contribution in [2.24, 2.45) is 11.7 Å². The van der Waals surface area contributed by atoms with E-state index in [1.54, 1.807) is 0 Å². The Hall–Kier alpha value is -0.910. The molecule has 1 heterocycles. The van der Waals surface area contributed by atoms with Gasteiger partial charge in [-0.25, -0.2) is 8.42 Å². The minimum Gasteiger partial charge on any atom is -0.324 e. The zero-order chi connectivity index (χ0) is 14.8. The molecule has 1 aromatic rings. The molecule has 0 aliphatic carbocycles. The van der Waals surface area contributed by atoms with Gasteiger partial charge in [0.15, 0.2) is 9.84 Å². The standard InChI is InChI=1S/C15H24N2O2S/c1-12(15(16)13-6-4-3-5-7-13)10-17(2)14-8-9-20(18,19)11-14/h3-7,12,14-15H,8-11,16H2,1-2H3. The Kier molecular flexibility index (Phi) is 4.83. The summed E-state index contributed by atoms with van der Waals surface area (Å²) in [6, 6.07) is 10.2. The molecule has 1 aliphatic heterocycles. The van der Waals surface area contributed by atoms with Crippen LogP contribution < -0.4 is 5.73 Å². The van der Waals surface area contributed by atoms with Gasteiger partial charge in [-0.2, -0.15) is 0 Å². The summed E-state index contributed by atoms with van der Waals surface area (Å²) in [6.07, 6.45) is 0.742. The lowest BCUT2D eigenvalue weighted by Gasteiger charge is -2.29. The number of hydrogen-bond acceptors (Lipinski definition) is 4. The first-order valence-electron chi connectivity index (χ1n) is 7.10. The van der Waals surface area contributed by atoms with E-state index in [2.05, 4.69) is 11.8 Å². The van der Waals surface area contributed by atoms with Gasteiger partial charge < -0.3 is 10.6 Å². The lowest BCUT2D eigenvalue weighted by Crippen LogP contribution is -2.38. The molecule has 0 saturated carbocycles. The smallest absolute Gasteiger partial charge is 0.151 e. The highest BCUT2D eigenvalue weighted by Crippen LogP contribution is 2.23. The van der Waals surface area contributed by atoms with Crippen LogP contribution in [0.1, 0.15) is 24.9 Å². The maximum Gasteiger partial charge on any atom is 0.151 e. The van der Waals surface area contributed by atoms with E-state index in [4.69, 9.17) is 5.73 Å². The van der Waals surface area contributed by atoms with Gasteiger partial charge in [-0.3, -0.25) is 0 Å². The Labute approximate surface area is 121 Å². The van der Waals surface area contributed by atoms with Crippen LogP contribution >= 0.6 is 0 Å². The second-order valence-electron chi connectivity index (χ2n) is 5.91. The van der Waals surface area contributed by atoms with Crippen LogP contribution in [0, 0.1) is 5.92 Å². The molecule has 0 radical (unpaired) electrons. The Morgan fingerprint density at radius 3 is 2.55 bits per heavy atom. The van der Waals surface area contributed by atoms with Gasteiger partial charge in [-0.15, -0.1) is 0 Å². The van der Waals surface area contributed by atoms with Crippen LogP contribution in [0.15, 0.2) is 30.3 Å². The van der Waals surface area contributed by atoms with E-state index < -0.39 is 9.84 Å². The maximum atomic E-state index is 11.5. The minimum atomic E-state index is -2.82. The predicted octanol–water partition coefficient (Wildman–Crippen LogP) is 1.44. The van der Waals surface area contributed by atoms with E-state index >= 15 is 0 Å². The van der Waals surface area contributed by atoms with Gasteiger partial charge in [0.25, 0.3) is 0 Å². The highest BCUT2D eigenvalue weighted by molar-refractivity contribution is 7.91. The second kappa shape index (κ2) is 6.24. The maximum absolute atomic E-state index is 11.5. The van der Waals surface area contributed by atoms with Crippen LogP contribution in [-0.4, -0.2) is 44.5 Å². The van der Waals surface area contributed by atoms with E-state index in [0.717, 1.165) is 18.5 Å². The van der Waals surface area contributed by atoms with Crippen molar-refractivity contribution in [3.63, 3.8) is 0 Å². The van der Waals surface area contributed by atoms with Crippen molar-refractivity contribution in [1.29, 1.82) is 0 Å². The normalized spacial score (nSPS) is 24.7. The molecule has 1 fully saturated rings. The largest absolute Gasteiger partial charge is 0.324 e. The summed E-state index contributed by atoms with van der Waals surface area (Å²) >= 11 is 0. The molecule has 2 rings (SSSR count). The van der Waals surface area contributed by atoms with Gasteiger partial charge in [0.1, 0.15) is 0 Å². The Balaban J connectivity index is 1.93. The fourth-order valence-corrected chi connectivity index (χ4v) is 4.65. The van der Waals surface area contributed by atoms with E-state index in [1.807, 2.05) is 37.4 Å². The Morgan fingerprint density at radius 1 is 1.35 bits per heavy atom. The number of nitrogens with zero attached hydrogens (tertiary/aromatic N) is 1. The summed E-state index contributed by atoms with van der Waals surface area (Å²) in [5, 5.41) is 0. The highest BCUT2D eigenvalue weighted by Gasteiger charge is 2.31. The molecule has 112 valence electrons. The zero-order valence-corrected chi connectivity index (χ0v) is 13.0. The van der Waals surface area contributed by atoms with Crippen molar-refractivity contribution in [3.05, 3.63) is 35.9 Å². The van der Waals surface area contributed by atoms with Gasteiger partial charge in [-0.1, -0.05) is 37.3 Å². The van der Waals surface area contributed by atoms with E-state index in [9.17, 15) is 8.42 Å². The van der Waals surface area contributed by atoms with Crippen LogP contribution in [0.4, 0.5) is 0 Å². The predicted molar refractivity (Wildman–Crippen MR) is 82.2 cm³/mol. The average Bonchev–Trinajstić information content (AvgIpc) is 2.79. The van der Waals surface area contributed by atoms with Crippen LogP contribution in [0.3, 0.4) is 0 Å². The molecule has 0 amide bonds. The van der Waals surface area contributed by atoms with Crippen molar-refractivity contribution in [3.8, 4) is 0 Å². The SMILES string of the molecule is CC(CN(C)C1CCS(=O)(=O)C1)C(N)c1ccccc1. The molecule has 2 N–H and O–H groups in total. The van der Waals surface area contributed by atoms with Gasteiger partial charge in [0, 0.05) is 18.6 Å². The minimum absolute atomic E-state index is 0.0170. The van der Waals surface area contributed by atoms with Crippen molar-refractivity contribution in [2.75, 3.05) is 25.1 Å². The third-order valence-corrected chi connectivity index (χ3v) is 5.96. The quantitative estimate of drug-likeness (QED) is 0.893. The summed E-state index contributed by atoms with van der Waals surface area (Å²) in [4.78, 5) is 2.15. The first kappa shape index (κ1) is 15.5. The van der Waals surface area contributed by atoms with Gasteiger partial charge >= 0.3 is 0 Å². The molecule has 3 unspecified atom stereocenters. The second-order valence-corrected chi connectivity index (χ2v) is 8.14. The summed E-state index contributed by atoms with van der Waals surface area (Å²) in [5.74, 6) is 0.892.